The Bertz CT molecular complexity index is 1340. The van der Waals surface area contributed by atoms with E-state index in [0.717, 1.165) is 18.4 Å². The Balaban J connectivity index is 1.66. The van der Waals surface area contributed by atoms with Crippen LogP contribution >= 0.6 is 0 Å². The van der Waals surface area contributed by atoms with Crippen LogP contribution in [-0.4, -0.2) is 55.1 Å². The molecular formula is C29H37N3O5S. The van der Waals surface area contributed by atoms with Crippen LogP contribution in [0.25, 0.3) is 0 Å². The Morgan fingerprint density at radius 2 is 1.97 bits per heavy atom. The van der Waals surface area contributed by atoms with Gasteiger partial charge in [-0.1, -0.05) is 43.7 Å². The summed E-state index contributed by atoms with van der Waals surface area (Å²) in [6.45, 7) is 7.88. The minimum absolute atomic E-state index is 0.0175. The van der Waals surface area contributed by atoms with E-state index in [1.54, 1.807) is 47.0 Å². The molecule has 4 rings (SSSR count). The SMILES string of the molecule is COc1cccc(CS(=O)(=O)c2ncc(CN(CC3CCCO3)C(=O)c3ccc(C)cc3)n2CC(C)C)c1. The second kappa shape index (κ2) is 12.1. The first-order chi connectivity index (χ1) is 18.2. The third-order valence-corrected chi connectivity index (χ3v) is 8.20. The number of imidazole rings is 1. The Labute approximate surface area is 225 Å². The maximum absolute atomic E-state index is 13.6. The molecule has 1 fully saturated rings. The summed E-state index contributed by atoms with van der Waals surface area (Å²) in [4.78, 5) is 19.7. The molecule has 0 N–H and O–H groups in total. The predicted octanol–water partition coefficient (Wildman–Crippen LogP) is 4.65. The number of benzene rings is 2. The molecule has 3 aromatic rings. The lowest BCUT2D eigenvalue weighted by atomic mass is 10.1. The Morgan fingerprint density at radius 1 is 1.21 bits per heavy atom. The predicted molar refractivity (Wildman–Crippen MR) is 146 cm³/mol. The summed E-state index contributed by atoms with van der Waals surface area (Å²) in [5.41, 5.74) is 2.98. The van der Waals surface area contributed by atoms with Crippen LogP contribution in [0.4, 0.5) is 0 Å². The fourth-order valence-corrected chi connectivity index (χ4v) is 6.19. The van der Waals surface area contributed by atoms with E-state index in [4.69, 9.17) is 9.47 Å². The highest BCUT2D eigenvalue weighted by Crippen LogP contribution is 2.24. The van der Waals surface area contributed by atoms with Crippen molar-refractivity contribution in [1.29, 1.82) is 0 Å². The number of sulfone groups is 1. The van der Waals surface area contributed by atoms with Crippen molar-refractivity contribution in [3.63, 3.8) is 0 Å². The highest BCUT2D eigenvalue weighted by molar-refractivity contribution is 7.90. The lowest BCUT2D eigenvalue weighted by Gasteiger charge is -2.26. The second-order valence-electron chi connectivity index (χ2n) is 10.3. The van der Waals surface area contributed by atoms with Gasteiger partial charge >= 0.3 is 0 Å². The molecule has 0 radical (unpaired) electrons. The number of aromatic nitrogens is 2. The highest BCUT2D eigenvalue weighted by Gasteiger charge is 2.28. The molecule has 1 amide bonds. The third kappa shape index (κ3) is 6.82. The molecule has 1 aliphatic rings. The number of hydrogen-bond donors (Lipinski definition) is 0. The number of hydrogen-bond acceptors (Lipinski definition) is 6. The number of amides is 1. The molecular weight excluding hydrogens is 502 g/mol. The molecule has 38 heavy (non-hydrogen) atoms. The molecule has 8 nitrogen and oxygen atoms in total. The number of carbonyl (C=O) groups is 1. The Hall–Kier alpha value is -3.17. The smallest absolute Gasteiger partial charge is 0.254 e. The van der Waals surface area contributed by atoms with Crippen molar-refractivity contribution in [1.82, 2.24) is 14.5 Å². The van der Waals surface area contributed by atoms with Gasteiger partial charge < -0.3 is 18.9 Å². The molecule has 2 heterocycles. The van der Waals surface area contributed by atoms with Crippen molar-refractivity contribution in [3.8, 4) is 5.75 Å². The summed E-state index contributed by atoms with van der Waals surface area (Å²) >= 11 is 0. The largest absolute Gasteiger partial charge is 0.497 e. The number of aryl methyl sites for hydroxylation is 1. The van der Waals surface area contributed by atoms with Gasteiger partial charge in [0.2, 0.25) is 15.0 Å². The lowest BCUT2D eigenvalue weighted by Crippen LogP contribution is -2.37. The highest BCUT2D eigenvalue weighted by atomic mass is 32.2. The van der Waals surface area contributed by atoms with Crippen LogP contribution in [0.15, 0.2) is 59.9 Å². The van der Waals surface area contributed by atoms with E-state index in [1.807, 2.05) is 45.0 Å². The van der Waals surface area contributed by atoms with E-state index < -0.39 is 9.84 Å². The first kappa shape index (κ1) is 27.9. The van der Waals surface area contributed by atoms with Gasteiger partial charge in [0.05, 0.1) is 37.4 Å². The van der Waals surface area contributed by atoms with Crippen molar-refractivity contribution in [3.05, 3.63) is 77.1 Å². The van der Waals surface area contributed by atoms with E-state index in [1.165, 1.54) is 0 Å². The molecule has 0 saturated carbocycles. The minimum Gasteiger partial charge on any atom is -0.497 e. The molecule has 0 bridgehead atoms. The zero-order valence-electron chi connectivity index (χ0n) is 22.6. The summed E-state index contributed by atoms with van der Waals surface area (Å²) in [5, 5.41) is 0.0175. The summed E-state index contributed by atoms with van der Waals surface area (Å²) in [6.07, 6.45) is 3.41. The zero-order valence-corrected chi connectivity index (χ0v) is 23.4. The summed E-state index contributed by atoms with van der Waals surface area (Å²) < 4.78 is 39.9. The molecule has 1 unspecified atom stereocenters. The lowest BCUT2D eigenvalue weighted by molar-refractivity contribution is 0.0501. The van der Waals surface area contributed by atoms with Crippen LogP contribution < -0.4 is 4.74 Å². The zero-order chi connectivity index (χ0) is 27.3. The second-order valence-corrected chi connectivity index (χ2v) is 12.2. The first-order valence-corrected chi connectivity index (χ1v) is 14.7. The van der Waals surface area contributed by atoms with E-state index in [2.05, 4.69) is 4.98 Å². The van der Waals surface area contributed by atoms with Crippen LogP contribution in [0.3, 0.4) is 0 Å². The molecule has 0 aliphatic carbocycles. The van der Waals surface area contributed by atoms with Gasteiger partial charge in [0.25, 0.3) is 5.91 Å². The van der Waals surface area contributed by atoms with Gasteiger partial charge in [0.15, 0.2) is 0 Å². The van der Waals surface area contributed by atoms with Crippen molar-refractivity contribution < 1.29 is 22.7 Å². The molecule has 1 aliphatic heterocycles. The molecule has 1 atom stereocenters. The summed E-state index contributed by atoms with van der Waals surface area (Å²) in [6, 6.07) is 14.5. The van der Waals surface area contributed by atoms with Crippen molar-refractivity contribution in [2.75, 3.05) is 20.3 Å². The van der Waals surface area contributed by atoms with Crippen LogP contribution in [0.2, 0.25) is 0 Å². The van der Waals surface area contributed by atoms with Gasteiger partial charge in [0, 0.05) is 25.3 Å². The molecule has 2 aromatic carbocycles. The van der Waals surface area contributed by atoms with Crippen LogP contribution in [0.5, 0.6) is 5.75 Å². The number of rotatable bonds is 11. The van der Waals surface area contributed by atoms with Gasteiger partial charge in [-0.05, 0) is 55.5 Å². The number of methoxy groups -OCH3 is 1. The Kier molecular flexibility index (Phi) is 8.89. The quantitative estimate of drug-likeness (QED) is 0.352. The van der Waals surface area contributed by atoms with Gasteiger partial charge in [-0.3, -0.25) is 4.79 Å². The van der Waals surface area contributed by atoms with Gasteiger partial charge in [-0.2, -0.15) is 0 Å². The van der Waals surface area contributed by atoms with E-state index in [9.17, 15) is 13.2 Å². The number of nitrogens with zero attached hydrogens (tertiary/aromatic N) is 3. The van der Waals surface area contributed by atoms with E-state index in [0.29, 0.717) is 42.3 Å². The van der Waals surface area contributed by atoms with Crippen LogP contribution in [0, 0.1) is 12.8 Å². The third-order valence-electron chi connectivity index (χ3n) is 6.60. The van der Waals surface area contributed by atoms with Gasteiger partial charge in [-0.25, -0.2) is 13.4 Å². The van der Waals surface area contributed by atoms with E-state index >= 15 is 0 Å². The van der Waals surface area contributed by atoms with Crippen molar-refractivity contribution in [2.45, 2.75) is 63.7 Å². The summed E-state index contributed by atoms with van der Waals surface area (Å²) in [7, 11) is -2.21. The maximum atomic E-state index is 13.6. The topological polar surface area (TPSA) is 90.7 Å². The van der Waals surface area contributed by atoms with Gasteiger partial charge in [0.1, 0.15) is 5.75 Å². The average molecular weight is 540 g/mol. The standard InChI is InChI=1S/C29H37N3O5S/c1-21(2)17-32-25(16-30-29(32)38(34,35)20-23-7-5-8-26(15-23)36-4)18-31(19-27-9-6-14-37-27)28(33)24-12-10-22(3)11-13-24/h5,7-8,10-13,15-16,21,27H,6,9,14,17-20H2,1-4H3. The molecule has 9 heteroatoms. The molecule has 1 saturated heterocycles. The molecule has 1 aromatic heterocycles. The van der Waals surface area contributed by atoms with Gasteiger partial charge in [-0.15, -0.1) is 0 Å². The van der Waals surface area contributed by atoms with Crippen LogP contribution in [0.1, 0.15) is 53.9 Å². The van der Waals surface area contributed by atoms with Crippen molar-refractivity contribution >= 4 is 15.7 Å². The van der Waals surface area contributed by atoms with E-state index in [-0.39, 0.29) is 35.4 Å². The fraction of sp³-hybridized carbons (Fsp3) is 0.448. The minimum atomic E-state index is -3.76. The number of ether oxygens (including phenoxy) is 2. The van der Waals surface area contributed by atoms with Crippen LogP contribution in [-0.2, 0) is 33.4 Å². The fourth-order valence-electron chi connectivity index (χ4n) is 4.70. The molecule has 0 spiro atoms. The Morgan fingerprint density at radius 3 is 2.63 bits per heavy atom. The first-order valence-electron chi connectivity index (χ1n) is 13.0. The summed E-state index contributed by atoms with van der Waals surface area (Å²) in [5.74, 6) is 0.468. The average Bonchev–Trinajstić information content (AvgIpc) is 3.54. The maximum Gasteiger partial charge on any atom is 0.254 e. The normalized spacial score (nSPS) is 15.7. The molecule has 204 valence electrons. The van der Waals surface area contributed by atoms with Crippen molar-refractivity contribution in [2.24, 2.45) is 5.92 Å². The monoisotopic (exact) mass is 539 g/mol. The number of carbonyl (C=O) groups excluding carboxylic acids is 1.